The number of hydrogen-bond donors (Lipinski definition) is 0. The minimum Gasteiger partial charge on any atom is -0.276 e. The van der Waals surface area contributed by atoms with Gasteiger partial charge in [-0.2, -0.15) is 0 Å². The van der Waals surface area contributed by atoms with Crippen LogP contribution in [0.1, 0.15) is 15.9 Å². The molecular formula is C10H12O3S2. The molecule has 0 fully saturated rings. The topological polar surface area (TPSA) is 51.2 Å². The van der Waals surface area contributed by atoms with Crippen LogP contribution in [-0.2, 0) is 9.84 Å². The number of thioether (sulfide) groups is 1. The van der Waals surface area contributed by atoms with Gasteiger partial charge in [0.15, 0.2) is 0 Å². The van der Waals surface area contributed by atoms with Gasteiger partial charge in [-0.3, -0.25) is 4.79 Å². The van der Waals surface area contributed by atoms with Crippen molar-refractivity contribution < 1.29 is 13.2 Å². The van der Waals surface area contributed by atoms with Gasteiger partial charge in [-0.05, 0) is 13.2 Å². The van der Waals surface area contributed by atoms with E-state index in [2.05, 4.69) is 0 Å². The van der Waals surface area contributed by atoms with E-state index in [1.807, 2.05) is 6.92 Å². The lowest BCUT2D eigenvalue weighted by Crippen LogP contribution is -2.16. The van der Waals surface area contributed by atoms with Crippen LogP contribution in [0.15, 0.2) is 24.3 Å². The van der Waals surface area contributed by atoms with Crippen LogP contribution in [0.5, 0.6) is 0 Å². The Hall–Kier alpha value is -0.810. The standard InChI is InChI=1S/C10H12O3S2/c1-8-3-5-9(6-4-8)10(11)15(12,13)7-14-2/h3-6H,7H2,1-2H3. The van der Waals surface area contributed by atoms with Crippen LogP contribution in [0.4, 0.5) is 0 Å². The highest BCUT2D eigenvalue weighted by atomic mass is 32.3. The van der Waals surface area contributed by atoms with Crippen molar-refractivity contribution in [1.82, 2.24) is 0 Å². The molecule has 0 aromatic heterocycles. The number of aryl methyl sites for hydroxylation is 1. The van der Waals surface area contributed by atoms with Crippen molar-refractivity contribution in [2.45, 2.75) is 6.92 Å². The van der Waals surface area contributed by atoms with E-state index in [0.717, 1.165) is 17.3 Å². The van der Waals surface area contributed by atoms with Gasteiger partial charge < -0.3 is 0 Å². The first-order valence-electron chi connectivity index (χ1n) is 4.30. The third-order valence-electron chi connectivity index (χ3n) is 1.84. The van der Waals surface area contributed by atoms with E-state index in [1.165, 1.54) is 12.1 Å². The van der Waals surface area contributed by atoms with Gasteiger partial charge >= 0.3 is 0 Å². The maximum Gasteiger partial charge on any atom is 0.277 e. The monoisotopic (exact) mass is 244 g/mol. The minimum absolute atomic E-state index is 0.167. The Bertz CT molecular complexity index is 446. The molecule has 82 valence electrons. The average Bonchev–Trinajstić information content (AvgIpc) is 2.18. The molecule has 1 aromatic rings. The third kappa shape index (κ3) is 3.07. The Balaban J connectivity index is 3.00. The minimum atomic E-state index is -3.65. The lowest BCUT2D eigenvalue weighted by atomic mass is 10.2. The zero-order valence-electron chi connectivity index (χ0n) is 8.56. The number of hydrogen-bond acceptors (Lipinski definition) is 4. The highest BCUT2D eigenvalue weighted by molar-refractivity contribution is 8.18. The maximum absolute atomic E-state index is 11.6. The Kier molecular flexibility index (Phi) is 3.93. The van der Waals surface area contributed by atoms with Crippen molar-refractivity contribution in [3.05, 3.63) is 35.4 Å². The van der Waals surface area contributed by atoms with Crippen LogP contribution in [0, 0.1) is 6.92 Å². The fourth-order valence-corrected chi connectivity index (χ4v) is 3.24. The molecule has 0 atom stereocenters. The van der Waals surface area contributed by atoms with Crippen molar-refractivity contribution in [3.8, 4) is 0 Å². The number of rotatable bonds is 3. The lowest BCUT2D eigenvalue weighted by Gasteiger charge is -2.01. The molecule has 0 aliphatic heterocycles. The summed E-state index contributed by atoms with van der Waals surface area (Å²) in [6.45, 7) is 1.88. The summed E-state index contributed by atoms with van der Waals surface area (Å²) in [5.74, 6) is 0. The van der Waals surface area contributed by atoms with Gasteiger partial charge in [0, 0.05) is 5.56 Å². The molecule has 1 aromatic carbocycles. The Morgan fingerprint density at radius 2 is 1.80 bits per heavy atom. The SMILES string of the molecule is CSCS(=O)(=O)C(=O)c1ccc(C)cc1. The molecule has 0 aliphatic rings. The number of carbonyl (C=O) groups excluding carboxylic acids is 1. The first-order chi connectivity index (χ1) is 6.97. The van der Waals surface area contributed by atoms with Crippen molar-refractivity contribution >= 4 is 26.7 Å². The molecule has 0 spiro atoms. The maximum atomic E-state index is 11.6. The molecule has 0 saturated heterocycles. The first kappa shape index (κ1) is 12.3. The summed E-state index contributed by atoms with van der Waals surface area (Å²) in [5.41, 5.74) is 1.23. The number of carbonyl (C=O) groups is 1. The van der Waals surface area contributed by atoms with Crippen molar-refractivity contribution in [2.75, 3.05) is 11.3 Å². The molecular weight excluding hydrogens is 232 g/mol. The molecule has 0 unspecified atom stereocenters. The van der Waals surface area contributed by atoms with Crippen LogP contribution in [0.3, 0.4) is 0 Å². The molecule has 0 radical (unpaired) electrons. The van der Waals surface area contributed by atoms with Gasteiger partial charge in [-0.25, -0.2) is 8.42 Å². The van der Waals surface area contributed by atoms with Crippen LogP contribution >= 0.6 is 11.8 Å². The summed E-state index contributed by atoms with van der Waals surface area (Å²) >= 11 is 1.13. The Morgan fingerprint density at radius 3 is 2.27 bits per heavy atom. The van der Waals surface area contributed by atoms with Crippen molar-refractivity contribution in [1.29, 1.82) is 0 Å². The third-order valence-corrected chi connectivity index (χ3v) is 4.83. The molecule has 0 saturated carbocycles. The van der Waals surface area contributed by atoms with E-state index in [-0.39, 0.29) is 10.6 Å². The predicted molar refractivity (Wildman–Crippen MR) is 62.8 cm³/mol. The van der Waals surface area contributed by atoms with Crippen LogP contribution < -0.4 is 0 Å². The smallest absolute Gasteiger partial charge is 0.276 e. The molecule has 5 heteroatoms. The van der Waals surface area contributed by atoms with Gasteiger partial charge in [-0.15, -0.1) is 11.8 Å². The van der Waals surface area contributed by atoms with E-state index < -0.39 is 15.0 Å². The molecule has 0 bridgehead atoms. The Labute approximate surface area is 93.8 Å². The van der Waals surface area contributed by atoms with E-state index in [4.69, 9.17) is 0 Å². The summed E-state index contributed by atoms with van der Waals surface area (Å²) in [7, 11) is -3.65. The normalized spacial score (nSPS) is 11.3. The van der Waals surface area contributed by atoms with Crippen molar-refractivity contribution in [3.63, 3.8) is 0 Å². The van der Waals surface area contributed by atoms with Crippen LogP contribution in [0.2, 0.25) is 0 Å². The highest BCUT2D eigenvalue weighted by Gasteiger charge is 2.22. The summed E-state index contributed by atoms with van der Waals surface area (Å²) in [6.07, 6.45) is 1.65. The zero-order valence-corrected chi connectivity index (χ0v) is 10.2. The van der Waals surface area contributed by atoms with Gasteiger partial charge in [0.1, 0.15) is 5.08 Å². The van der Waals surface area contributed by atoms with Crippen LogP contribution in [-0.4, -0.2) is 24.9 Å². The molecule has 0 N–H and O–H groups in total. The molecule has 1 rings (SSSR count). The summed E-state index contributed by atoms with van der Waals surface area (Å²) in [6, 6.07) is 6.52. The Morgan fingerprint density at radius 1 is 1.27 bits per heavy atom. The van der Waals surface area contributed by atoms with Crippen molar-refractivity contribution in [2.24, 2.45) is 0 Å². The van der Waals surface area contributed by atoms with Gasteiger partial charge in [-0.1, -0.05) is 29.8 Å². The lowest BCUT2D eigenvalue weighted by molar-refractivity contribution is 0.107. The summed E-state index contributed by atoms with van der Waals surface area (Å²) in [4.78, 5) is 11.6. The largest absolute Gasteiger partial charge is 0.277 e. The fraction of sp³-hybridized carbons (Fsp3) is 0.300. The quantitative estimate of drug-likeness (QED) is 0.814. The van der Waals surface area contributed by atoms with E-state index >= 15 is 0 Å². The van der Waals surface area contributed by atoms with Gasteiger partial charge in [0.05, 0.1) is 0 Å². The summed E-state index contributed by atoms with van der Waals surface area (Å²) in [5, 5.41) is -0.962. The molecule has 0 amide bonds. The zero-order chi connectivity index (χ0) is 11.5. The van der Waals surface area contributed by atoms with Gasteiger partial charge in [0.25, 0.3) is 5.12 Å². The molecule has 15 heavy (non-hydrogen) atoms. The average molecular weight is 244 g/mol. The number of sulfone groups is 1. The van der Waals surface area contributed by atoms with E-state index in [1.54, 1.807) is 18.4 Å². The second-order valence-electron chi connectivity index (χ2n) is 3.17. The predicted octanol–water partition coefficient (Wildman–Crippen LogP) is 1.87. The van der Waals surface area contributed by atoms with Crippen LogP contribution in [0.25, 0.3) is 0 Å². The molecule has 0 aliphatic carbocycles. The first-order valence-corrected chi connectivity index (χ1v) is 7.34. The summed E-state index contributed by atoms with van der Waals surface area (Å²) < 4.78 is 22.9. The fourth-order valence-electron chi connectivity index (χ4n) is 1.08. The molecule has 0 heterocycles. The van der Waals surface area contributed by atoms with E-state index in [9.17, 15) is 13.2 Å². The van der Waals surface area contributed by atoms with E-state index in [0.29, 0.717) is 0 Å². The number of benzene rings is 1. The second-order valence-corrected chi connectivity index (χ2v) is 6.30. The van der Waals surface area contributed by atoms with Gasteiger partial charge in [0.2, 0.25) is 9.84 Å². The highest BCUT2D eigenvalue weighted by Crippen LogP contribution is 2.11. The molecule has 3 nitrogen and oxygen atoms in total. The second kappa shape index (κ2) is 4.81.